The zero-order valence-corrected chi connectivity index (χ0v) is 22.2. The van der Waals surface area contributed by atoms with Gasteiger partial charge in [0.2, 0.25) is 11.0 Å². The minimum absolute atomic E-state index is 0. The van der Waals surface area contributed by atoms with Crippen LogP contribution in [0.2, 0.25) is 0 Å². The summed E-state index contributed by atoms with van der Waals surface area (Å²) in [6.07, 6.45) is 2.06. The molecular formula is C28H24INOPS+. The van der Waals surface area contributed by atoms with Gasteiger partial charge in [0.05, 0.1) is 0 Å². The number of hydrogen-bond donors (Lipinski definition) is 0. The second-order valence-corrected chi connectivity index (χ2v) is 11.5. The van der Waals surface area contributed by atoms with E-state index in [1.165, 1.54) is 15.9 Å². The highest BCUT2D eigenvalue weighted by Crippen LogP contribution is 2.55. The van der Waals surface area contributed by atoms with Crippen molar-refractivity contribution in [1.29, 1.82) is 0 Å². The van der Waals surface area contributed by atoms with Crippen LogP contribution in [0.3, 0.4) is 0 Å². The maximum Gasteiger partial charge on any atom is 0.251 e. The Balaban J connectivity index is 0.00000259. The zero-order chi connectivity index (χ0) is 21.8. The van der Waals surface area contributed by atoms with Gasteiger partial charge in [-0.25, -0.2) is 0 Å². The van der Waals surface area contributed by atoms with Gasteiger partial charge in [0.25, 0.3) is 5.44 Å². The summed E-state index contributed by atoms with van der Waals surface area (Å²) in [6, 6.07) is 42.5. The summed E-state index contributed by atoms with van der Waals surface area (Å²) in [5.41, 5.74) is 2.01. The van der Waals surface area contributed by atoms with E-state index in [2.05, 4.69) is 97.3 Å². The first-order valence-electron chi connectivity index (χ1n) is 10.5. The summed E-state index contributed by atoms with van der Waals surface area (Å²) in [4.78, 5) is 5.21. The Morgan fingerprint density at radius 3 is 1.39 bits per heavy atom. The van der Waals surface area contributed by atoms with Crippen molar-refractivity contribution in [2.45, 2.75) is 5.09 Å². The van der Waals surface area contributed by atoms with E-state index in [9.17, 15) is 0 Å². The summed E-state index contributed by atoms with van der Waals surface area (Å²) in [5, 5.41) is 4.66. The van der Waals surface area contributed by atoms with Crippen LogP contribution in [0.1, 0.15) is 0 Å². The van der Waals surface area contributed by atoms with Crippen molar-refractivity contribution in [1.82, 2.24) is 4.98 Å². The highest BCUT2D eigenvalue weighted by atomic mass is 127. The third kappa shape index (κ3) is 4.40. The number of aromatic nitrogens is 1. The average molecular weight is 580 g/mol. The van der Waals surface area contributed by atoms with Gasteiger partial charge in [-0.1, -0.05) is 84.6 Å². The molecular weight excluding hydrogens is 556 g/mol. The minimum Gasteiger partial charge on any atom is -0.425 e. The molecule has 0 saturated heterocycles. The molecule has 0 N–H and O–H groups in total. The third-order valence-electron chi connectivity index (χ3n) is 5.53. The van der Waals surface area contributed by atoms with Crippen molar-refractivity contribution in [2.75, 3.05) is 6.26 Å². The maximum absolute atomic E-state index is 6.40. The molecule has 1 aromatic heterocycles. The quantitative estimate of drug-likeness (QED) is 0.134. The van der Waals surface area contributed by atoms with Gasteiger partial charge in [0.1, 0.15) is 15.9 Å². The lowest BCUT2D eigenvalue weighted by Crippen LogP contribution is -2.39. The van der Waals surface area contributed by atoms with Gasteiger partial charge in [-0.15, -0.1) is 24.0 Å². The van der Waals surface area contributed by atoms with Gasteiger partial charge in [-0.05, 0) is 54.8 Å². The van der Waals surface area contributed by atoms with Crippen LogP contribution >= 0.6 is 43.0 Å². The predicted molar refractivity (Wildman–Crippen MR) is 154 cm³/mol. The molecule has 0 aliphatic rings. The van der Waals surface area contributed by atoms with E-state index in [-0.39, 0.29) is 24.0 Å². The SMILES string of the molecule is CSc1oc(-c2ccccc2)nc1[P+](c1ccccc1)(c1ccccc1)c1ccccc1.I. The summed E-state index contributed by atoms with van der Waals surface area (Å²) in [7, 11) is -2.29. The van der Waals surface area contributed by atoms with Crippen molar-refractivity contribution in [3.05, 3.63) is 121 Å². The zero-order valence-electron chi connectivity index (χ0n) is 18.2. The van der Waals surface area contributed by atoms with E-state index in [1.54, 1.807) is 11.8 Å². The van der Waals surface area contributed by atoms with Gasteiger partial charge in [0.15, 0.2) is 7.26 Å². The molecule has 5 rings (SSSR count). The van der Waals surface area contributed by atoms with Gasteiger partial charge in [-0.3, -0.25) is 0 Å². The summed E-state index contributed by atoms with van der Waals surface area (Å²) in [6.45, 7) is 0. The Kier molecular flexibility index (Phi) is 7.69. The molecule has 0 spiro atoms. The third-order valence-corrected chi connectivity index (χ3v) is 10.5. The molecule has 0 radical (unpaired) electrons. The van der Waals surface area contributed by atoms with Crippen LogP contribution in [0.4, 0.5) is 0 Å². The van der Waals surface area contributed by atoms with Crippen LogP contribution in [0, 0.1) is 0 Å². The van der Waals surface area contributed by atoms with Gasteiger partial charge in [-0.2, -0.15) is 4.98 Å². The molecule has 0 fully saturated rings. The lowest BCUT2D eigenvalue weighted by atomic mass is 10.2. The molecule has 2 nitrogen and oxygen atoms in total. The molecule has 0 aliphatic carbocycles. The molecule has 164 valence electrons. The van der Waals surface area contributed by atoms with Crippen molar-refractivity contribution >= 4 is 64.3 Å². The molecule has 0 atom stereocenters. The fourth-order valence-electron chi connectivity index (χ4n) is 4.12. The molecule has 0 bridgehead atoms. The van der Waals surface area contributed by atoms with Crippen molar-refractivity contribution < 1.29 is 4.42 Å². The molecule has 1 heterocycles. The molecule has 33 heavy (non-hydrogen) atoms. The number of thioether (sulfide) groups is 1. The van der Waals surface area contributed by atoms with Crippen LogP contribution in [0.15, 0.2) is 131 Å². The second-order valence-electron chi connectivity index (χ2n) is 7.38. The number of benzene rings is 4. The van der Waals surface area contributed by atoms with E-state index >= 15 is 0 Å². The minimum atomic E-state index is -2.29. The largest absolute Gasteiger partial charge is 0.425 e. The van der Waals surface area contributed by atoms with Crippen molar-refractivity contribution in [3.63, 3.8) is 0 Å². The van der Waals surface area contributed by atoms with E-state index in [0.29, 0.717) is 5.89 Å². The number of rotatable bonds is 6. The normalized spacial score (nSPS) is 11.1. The Morgan fingerprint density at radius 1 is 0.606 bits per heavy atom. The van der Waals surface area contributed by atoms with E-state index in [4.69, 9.17) is 9.40 Å². The molecule has 0 saturated carbocycles. The van der Waals surface area contributed by atoms with Crippen LogP contribution in [0.5, 0.6) is 0 Å². The topological polar surface area (TPSA) is 26.0 Å². The lowest BCUT2D eigenvalue weighted by Gasteiger charge is -2.25. The number of halogens is 1. The van der Waals surface area contributed by atoms with Gasteiger partial charge >= 0.3 is 0 Å². The van der Waals surface area contributed by atoms with Crippen molar-refractivity contribution in [2.24, 2.45) is 0 Å². The fourth-order valence-corrected chi connectivity index (χ4v) is 9.24. The highest BCUT2D eigenvalue weighted by Gasteiger charge is 2.52. The number of hydrogen-bond acceptors (Lipinski definition) is 3. The fraction of sp³-hybridized carbons (Fsp3) is 0.0357. The van der Waals surface area contributed by atoms with Crippen molar-refractivity contribution in [3.8, 4) is 11.5 Å². The summed E-state index contributed by atoms with van der Waals surface area (Å²) >= 11 is 1.62. The molecule has 0 amide bonds. The van der Waals surface area contributed by atoms with Gasteiger partial charge in [0, 0.05) is 5.56 Å². The Hall–Kier alpha value is -2.40. The number of nitrogens with zero attached hydrogens (tertiary/aromatic N) is 1. The van der Waals surface area contributed by atoms with Crippen LogP contribution in [0.25, 0.3) is 11.5 Å². The monoisotopic (exact) mass is 580 g/mol. The summed E-state index contributed by atoms with van der Waals surface area (Å²) < 4.78 is 6.40. The smallest absolute Gasteiger partial charge is 0.251 e. The molecule has 5 aromatic rings. The molecule has 5 heteroatoms. The molecule has 0 unspecified atom stereocenters. The lowest BCUT2D eigenvalue weighted by molar-refractivity contribution is 0.488. The second kappa shape index (κ2) is 10.7. The Labute approximate surface area is 216 Å². The van der Waals surface area contributed by atoms with E-state index in [1.807, 2.05) is 30.3 Å². The first-order valence-corrected chi connectivity index (χ1v) is 13.5. The Bertz CT molecular complexity index is 1200. The maximum atomic E-state index is 6.40. The predicted octanol–water partition coefficient (Wildman–Crippen LogP) is 6.30. The first kappa shape index (κ1) is 23.7. The standard InChI is InChI=1S/C28H23NOPS.HI/c1-32-28-27(29-26(30-28)22-14-6-2-7-15-22)31(23-16-8-3-9-17-23,24-18-10-4-11-19-24)25-20-12-5-13-21-25;/h2-21H,1H3;1H/q+1;. The molecule has 4 aromatic carbocycles. The van der Waals surface area contributed by atoms with E-state index < -0.39 is 7.26 Å². The van der Waals surface area contributed by atoms with Crippen LogP contribution in [-0.4, -0.2) is 11.2 Å². The van der Waals surface area contributed by atoms with E-state index in [0.717, 1.165) is 16.1 Å². The van der Waals surface area contributed by atoms with Crippen LogP contribution in [-0.2, 0) is 0 Å². The summed E-state index contributed by atoms with van der Waals surface area (Å²) in [5.74, 6) is 0.664. The highest BCUT2D eigenvalue weighted by molar-refractivity contribution is 14.0. The molecule has 0 aliphatic heterocycles. The number of oxazole rings is 1. The average Bonchev–Trinajstić information content (AvgIpc) is 3.32. The Morgan fingerprint density at radius 2 is 1.00 bits per heavy atom. The van der Waals surface area contributed by atoms with Gasteiger partial charge < -0.3 is 4.42 Å². The first-order chi connectivity index (χ1) is 15.8. The van der Waals surface area contributed by atoms with Crippen LogP contribution < -0.4 is 21.3 Å².